The molecule has 1 saturated heterocycles. The third-order valence-corrected chi connectivity index (χ3v) is 13.3. The fraction of sp³-hybridized carbons (Fsp3) is 0.356. The summed E-state index contributed by atoms with van der Waals surface area (Å²) < 4.78 is 32.8. The summed E-state index contributed by atoms with van der Waals surface area (Å²) in [6.45, 7) is 8.75. The van der Waals surface area contributed by atoms with E-state index < -0.39 is 21.8 Å². The highest BCUT2D eigenvalue weighted by molar-refractivity contribution is 7.91. The molecule has 7 rings (SSSR count). The standard InChI is InChI=1S/C45H52N6O7S/c1-30-33(28-46-29-41(53)38-16-18-40(52)45-39(38)17-20-43(54)49-45)13-19-42(47-30)48-44(55)21-26-58-35-9-6-10-37(27-35)59(56,57)36-14-11-32(12-15-36)31(2)50-22-24-51(25-23-50)34-7-4-3-5-8-34/h6,9-21,26-27,31,34,41,46,52-53H,3-5,7-8,22-25,28-29H2,1-2H3,(H,49,54)(H,47,48,55)/t31-,41-/m0/s1. The van der Waals surface area contributed by atoms with Gasteiger partial charge in [0, 0.05) is 74.6 Å². The van der Waals surface area contributed by atoms with Crippen LogP contribution in [-0.2, 0) is 21.2 Å². The molecule has 5 aromatic rings. The number of aromatic hydroxyl groups is 1. The van der Waals surface area contributed by atoms with E-state index >= 15 is 0 Å². The van der Waals surface area contributed by atoms with Gasteiger partial charge < -0.3 is 30.6 Å². The van der Waals surface area contributed by atoms with E-state index in [2.05, 4.69) is 37.3 Å². The largest absolute Gasteiger partial charge is 0.506 e. The van der Waals surface area contributed by atoms with Gasteiger partial charge in [-0.05, 0) is 91.9 Å². The molecular formula is C45H52N6O7S. The van der Waals surface area contributed by atoms with E-state index in [-0.39, 0.29) is 45.0 Å². The number of aryl methyl sites for hydroxylation is 1. The van der Waals surface area contributed by atoms with Crippen LogP contribution in [0.15, 0.2) is 112 Å². The molecule has 5 N–H and O–H groups in total. The van der Waals surface area contributed by atoms with Gasteiger partial charge in [0.25, 0.3) is 5.91 Å². The number of amides is 1. The van der Waals surface area contributed by atoms with Gasteiger partial charge in [-0.15, -0.1) is 0 Å². The van der Waals surface area contributed by atoms with Crippen molar-refractivity contribution in [1.29, 1.82) is 0 Å². The average molecular weight is 821 g/mol. The highest BCUT2D eigenvalue weighted by atomic mass is 32.2. The maximum atomic E-state index is 13.6. The third-order valence-electron chi connectivity index (χ3n) is 11.6. The van der Waals surface area contributed by atoms with Crippen molar-refractivity contribution in [3.05, 3.63) is 130 Å². The van der Waals surface area contributed by atoms with Gasteiger partial charge in [-0.1, -0.05) is 49.6 Å². The number of H-pyrrole nitrogens is 1. The van der Waals surface area contributed by atoms with Crippen molar-refractivity contribution >= 4 is 32.5 Å². The number of aromatic nitrogens is 2. The van der Waals surface area contributed by atoms with Crippen molar-refractivity contribution in [2.75, 3.05) is 38.0 Å². The summed E-state index contributed by atoms with van der Waals surface area (Å²) in [4.78, 5) is 36.9. The first-order chi connectivity index (χ1) is 28.5. The van der Waals surface area contributed by atoms with Gasteiger partial charge in [0.1, 0.15) is 17.3 Å². The number of nitrogens with zero attached hydrogens (tertiary/aromatic N) is 3. The molecule has 14 heteroatoms. The van der Waals surface area contributed by atoms with E-state index in [0.717, 1.165) is 43.3 Å². The number of aliphatic hydroxyl groups is 1. The number of aliphatic hydroxyl groups excluding tert-OH is 1. The molecule has 1 aliphatic heterocycles. The molecule has 2 aliphatic rings. The van der Waals surface area contributed by atoms with E-state index in [9.17, 15) is 28.2 Å². The van der Waals surface area contributed by atoms with Crippen molar-refractivity contribution in [2.24, 2.45) is 0 Å². The number of phenolic OH excluding ortho intramolecular Hbond substituents is 1. The summed E-state index contributed by atoms with van der Waals surface area (Å²) in [7, 11) is -3.82. The number of aromatic amines is 1. The topological polar surface area (TPSA) is 177 Å². The molecule has 2 fully saturated rings. The lowest BCUT2D eigenvalue weighted by molar-refractivity contribution is -0.112. The van der Waals surface area contributed by atoms with Gasteiger partial charge in [0.05, 0.1) is 27.7 Å². The van der Waals surface area contributed by atoms with E-state index in [1.165, 1.54) is 68.7 Å². The number of phenols is 1. The van der Waals surface area contributed by atoms with Gasteiger partial charge >= 0.3 is 0 Å². The molecule has 1 saturated carbocycles. The maximum absolute atomic E-state index is 13.6. The quantitative estimate of drug-likeness (QED) is 0.0643. The Hall–Kier alpha value is -5.38. The molecular weight excluding hydrogens is 769 g/mol. The van der Waals surface area contributed by atoms with Crippen LogP contribution >= 0.6 is 0 Å². The minimum atomic E-state index is -3.82. The second-order valence-electron chi connectivity index (χ2n) is 15.4. The average Bonchev–Trinajstić information content (AvgIpc) is 3.25. The number of benzene rings is 3. The number of pyridine rings is 2. The van der Waals surface area contributed by atoms with Gasteiger partial charge in [-0.3, -0.25) is 19.4 Å². The molecule has 3 aromatic carbocycles. The predicted octanol–water partition coefficient (Wildman–Crippen LogP) is 6.14. The smallest absolute Gasteiger partial charge is 0.252 e. The lowest BCUT2D eigenvalue weighted by atomic mass is 9.93. The van der Waals surface area contributed by atoms with Gasteiger partial charge in [-0.2, -0.15) is 0 Å². The zero-order chi connectivity index (χ0) is 41.5. The lowest BCUT2D eigenvalue weighted by Gasteiger charge is -2.42. The zero-order valence-corrected chi connectivity index (χ0v) is 34.2. The summed E-state index contributed by atoms with van der Waals surface area (Å²) in [5, 5.41) is 27.4. The molecule has 3 heterocycles. The van der Waals surface area contributed by atoms with Crippen molar-refractivity contribution in [2.45, 2.75) is 80.5 Å². The van der Waals surface area contributed by atoms with Gasteiger partial charge in [-0.25, -0.2) is 13.4 Å². The Kier molecular flexibility index (Phi) is 13.2. The molecule has 1 aliphatic carbocycles. The van der Waals surface area contributed by atoms with Crippen LogP contribution in [0.5, 0.6) is 11.5 Å². The summed E-state index contributed by atoms with van der Waals surface area (Å²) in [6.07, 6.45) is 8.14. The second kappa shape index (κ2) is 18.7. The number of hydrogen-bond acceptors (Lipinski definition) is 11. The first-order valence-electron chi connectivity index (χ1n) is 20.2. The van der Waals surface area contributed by atoms with E-state index in [1.54, 1.807) is 42.5 Å². The molecule has 0 radical (unpaired) electrons. The van der Waals surface area contributed by atoms with Crippen LogP contribution in [0.3, 0.4) is 0 Å². The van der Waals surface area contributed by atoms with Crippen LogP contribution < -0.4 is 20.9 Å². The van der Waals surface area contributed by atoms with E-state index in [0.29, 0.717) is 29.0 Å². The Morgan fingerprint density at radius 2 is 1.73 bits per heavy atom. The van der Waals surface area contributed by atoms with Crippen LogP contribution in [0.2, 0.25) is 0 Å². The molecule has 0 spiro atoms. The predicted molar refractivity (Wildman–Crippen MR) is 227 cm³/mol. The monoisotopic (exact) mass is 820 g/mol. The zero-order valence-electron chi connectivity index (χ0n) is 33.4. The highest BCUT2D eigenvalue weighted by Crippen LogP contribution is 2.31. The minimum Gasteiger partial charge on any atom is -0.506 e. The second-order valence-corrected chi connectivity index (χ2v) is 17.3. The number of anilines is 1. The molecule has 2 atom stereocenters. The number of carbonyl (C=O) groups excluding carboxylic acids is 1. The normalized spacial score (nSPS) is 16.9. The number of hydrogen-bond donors (Lipinski definition) is 5. The minimum absolute atomic E-state index is 0.0766. The van der Waals surface area contributed by atoms with Crippen LogP contribution in [0.25, 0.3) is 10.9 Å². The SMILES string of the molecule is Cc1nc(NC(=O)C=COc2cccc(S(=O)(=O)c3ccc([C@H](C)N4CCN(C5CCCCC5)CC4)cc3)c2)ccc1CNC[C@H](O)c1ccc(O)c2[nH]c(=O)ccc12. The Bertz CT molecular complexity index is 2460. The first-order valence-corrected chi connectivity index (χ1v) is 21.7. The maximum Gasteiger partial charge on any atom is 0.252 e. The van der Waals surface area contributed by atoms with Gasteiger partial charge in [0.15, 0.2) is 0 Å². The lowest BCUT2D eigenvalue weighted by Crippen LogP contribution is -2.51. The van der Waals surface area contributed by atoms with E-state index in [1.807, 2.05) is 25.1 Å². The number of rotatable bonds is 14. The fourth-order valence-electron chi connectivity index (χ4n) is 8.11. The number of carbonyl (C=O) groups is 1. The molecule has 2 aromatic heterocycles. The molecule has 310 valence electrons. The molecule has 13 nitrogen and oxygen atoms in total. The van der Waals surface area contributed by atoms with Gasteiger partial charge in [0.2, 0.25) is 15.4 Å². The molecule has 1 amide bonds. The van der Waals surface area contributed by atoms with Crippen LogP contribution in [0.1, 0.15) is 73.6 Å². The first kappa shape index (κ1) is 41.8. The fourth-order valence-corrected chi connectivity index (χ4v) is 9.41. The Balaban J connectivity index is 0.882. The third kappa shape index (κ3) is 10.1. The number of fused-ring (bicyclic) bond motifs is 1. The van der Waals surface area contributed by atoms with Crippen molar-refractivity contribution in [3.8, 4) is 11.5 Å². The highest BCUT2D eigenvalue weighted by Gasteiger charge is 2.28. The van der Waals surface area contributed by atoms with Crippen LogP contribution in [0, 0.1) is 6.92 Å². The number of nitrogens with one attached hydrogen (secondary N) is 3. The number of sulfone groups is 1. The Morgan fingerprint density at radius 1 is 0.966 bits per heavy atom. The van der Waals surface area contributed by atoms with E-state index in [4.69, 9.17) is 4.74 Å². The van der Waals surface area contributed by atoms with Crippen molar-refractivity contribution < 1.29 is 28.2 Å². The summed E-state index contributed by atoms with van der Waals surface area (Å²) in [5.41, 5.74) is 3.09. The van der Waals surface area contributed by atoms with Crippen molar-refractivity contribution in [3.63, 3.8) is 0 Å². The van der Waals surface area contributed by atoms with Crippen LogP contribution in [0.4, 0.5) is 5.82 Å². The molecule has 0 unspecified atom stereocenters. The Morgan fingerprint density at radius 3 is 2.47 bits per heavy atom. The van der Waals surface area contributed by atoms with Crippen LogP contribution in [-0.4, -0.2) is 83.1 Å². The molecule has 59 heavy (non-hydrogen) atoms. The summed E-state index contributed by atoms with van der Waals surface area (Å²) in [6, 6.07) is 23.7. The number of piperazine rings is 1. The Labute approximate surface area is 344 Å². The summed E-state index contributed by atoms with van der Waals surface area (Å²) in [5.74, 6) is 0.0262. The summed E-state index contributed by atoms with van der Waals surface area (Å²) >= 11 is 0. The number of ether oxygens (including phenoxy) is 1. The van der Waals surface area contributed by atoms with Crippen molar-refractivity contribution in [1.82, 2.24) is 25.1 Å². The molecule has 0 bridgehead atoms.